The van der Waals surface area contributed by atoms with Crippen molar-refractivity contribution < 1.29 is 8.91 Å². The number of anilines is 1. The van der Waals surface area contributed by atoms with E-state index >= 15 is 0 Å². The zero-order valence-corrected chi connectivity index (χ0v) is 20.3. The van der Waals surface area contributed by atoms with E-state index < -0.39 is 0 Å². The number of rotatable bonds is 9. The van der Waals surface area contributed by atoms with Gasteiger partial charge in [0, 0.05) is 45.2 Å². The number of nitrogens with zero attached hydrogens (tertiary/aromatic N) is 3. The number of halogens is 2. The molecular formula is C21H33FIN5O. The second-order valence-electron chi connectivity index (χ2n) is 6.48. The molecule has 1 aromatic carbocycles. The Kier molecular flexibility index (Phi) is 11.0. The lowest BCUT2D eigenvalue weighted by Gasteiger charge is -2.22. The number of hydrogen-bond acceptors (Lipinski definition) is 4. The van der Waals surface area contributed by atoms with Crippen LogP contribution in [0.25, 0.3) is 0 Å². The van der Waals surface area contributed by atoms with Crippen LogP contribution in [0.4, 0.5) is 10.1 Å². The van der Waals surface area contributed by atoms with E-state index in [1.807, 2.05) is 37.8 Å². The number of hydrogen-bond donors (Lipinski definition) is 2. The predicted octanol–water partition coefficient (Wildman–Crippen LogP) is 4.27. The lowest BCUT2D eigenvalue weighted by molar-refractivity contribution is 0.380. The average Bonchev–Trinajstić information content (AvgIpc) is 3.12. The van der Waals surface area contributed by atoms with Crippen LogP contribution in [0.3, 0.4) is 0 Å². The molecule has 0 saturated carbocycles. The molecule has 2 aromatic rings. The highest BCUT2D eigenvalue weighted by Gasteiger charge is 2.14. The highest BCUT2D eigenvalue weighted by molar-refractivity contribution is 14.0. The molecule has 0 amide bonds. The largest absolute Gasteiger partial charge is 0.370 e. The fraction of sp³-hybridized carbons (Fsp3) is 0.524. The summed E-state index contributed by atoms with van der Waals surface area (Å²) in [6.45, 7) is 10.8. The number of aromatic nitrogens is 1. The highest BCUT2D eigenvalue weighted by atomic mass is 127. The standard InChI is InChI=1S/C21H32FN5O.HI/c1-6-18-16(20(7-2)28-26-18)14-25-21(23-5)24-13-15-10-11-19(17(22)12-15)27(8-3)9-4;/h10-12H,6-9,13-14H2,1-5H3,(H2,23,24,25);1H. The molecule has 0 atom stereocenters. The van der Waals surface area contributed by atoms with E-state index in [0.29, 0.717) is 24.7 Å². The fourth-order valence-electron chi connectivity index (χ4n) is 3.20. The second kappa shape index (κ2) is 12.7. The molecule has 162 valence electrons. The van der Waals surface area contributed by atoms with Gasteiger partial charge in [-0.15, -0.1) is 24.0 Å². The first-order valence-corrected chi connectivity index (χ1v) is 10.0. The Hall–Kier alpha value is -1.84. The number of nitrogens with one attached hydrogen (secondary N) is 2. The Labute approximate surface area is 190 Å². The van der Waals surface area contributed by atoms with Crippen LogP contribution in [-0.4, -0.2) is 31.3 Å². The fourth-order valence-corrected chi connectivity index (χ4v) is 3.20. The van der Waals surface area contributed by atoms with E-state index in [2.05, 4.69) is 27.7 Å². The smallest absolute Gasteiger partial charge is 0.191 e. The predicted molar refractivity (Wildman–Crippen MR) is 128 cm³/mol. The van der Waals surface area contributed by atoms with Gasteiger partial charge in [0.05, 0.1) is 11.4 Å². The third-order valence-corrected chi connectivity index (χ3v) is 4.84. The van der Waals surface area contributed by atoms with Gasteiger partial charge in [-0.2, -0.15) is 0 Å². The number of aliphatic imine (C=N–C) groups is 1. The normalized spacial score (nSPS) is 11.2. The molecule has 0 spiro atoms. The maximum Gasteiger partial charge on any atom is 0.191 e. The monoisotopic (exact) mass is 517 g/mol. The molecule has 2 rings (SSSR count). The summed E-state index contributed by atoms with van der Waals surface area (Å²) >= 11 is 0. The van der Waals surface area contributed by atoms with Crippen LogP contribution < -0.4 is 15.5 Å². The number of aryl methyl sites for hydroxylation is 2. The van der Waals surface area contributed by atoms with Gasteiger partial charge in [-0.05, 0) is 38.0 Å². The van der Waals surface area contributed by atoms with E-state index in [1.165, 1.54) is 0 Å². The van der Waals surface area contributed by atoms with E-state index in [0.717, 1.165) is 48.5 Å². The van der Waals surface area contributed by atoms with Crippen LogP contribution in [0.5, 0.6) is 0 Å². The summed E-state index contributed by atoms with van der Waals surface area (Å²) in [7, 11) is 1.72. The van der Waals surface area contributed by atoms with Crippen LogP contribution in [-0.2, 0) is 25.9 Å². The first kappa shape index (κ1) is 25.2. The lowest BCUT2D eigenvalue weighted by Crippen LogP contribution is -2.36. The summed E-state index contributed by atoms with van der Waals surface area (Å²) in [4.78, 5) is 6.25. The zero-order valence-electron chi connectivity index (χ0n) is 18.0. The van der Waals surface area contributed by atoms with Crippen molar-refractivity contribution in [2.24, 2.45) is 4.99 Å². The van der Waals surface area contributed by atoms with Gasteiger partial charge < -0.3 is 20.1 Å². The molecule has 0 fully saturated rings. The van der Waals surface area contributed by atoms with Crippen molar-refractivity contribution in [3.63, 3.8) is 0 Å². The summed E-state index contributed by atoms with van der Waals surface area (Å²) in [6, 6.07) is 5.37. The first-order chi connectivity index (χ1) is 13.6. The van der Waals surface area contributed by atoms with Gasteiger partial charge in [0.15, 0.2) is 5.96 Å². The topological polar surface area (TPSA) is 65.7 Å². The van der Waals surface area contributed by atoms with Crippen molar-refractivity contribution in [2.45, 2.75) is 53.6 Å². The first-order valence-electron chi connectivity index (χ1n) is 10.0. The molecule has 1 heterocycles. The Morgan fingerprint density at radius 3 is 2.34 bits per heavy atom. The molecule has 0 aliphatic carbocycles. The van der Waals surface area contributed by atoms with Gasteiger partial charge in [0.25, 0.3) is 0 Å². The second-order valence-corrected chi connectivity index (χ2v) is 6.48. The van der Waals surface area contributed by atoms with Gasteiger partial charge in [-0.25, -0.2) is 4.39 Å². The van der Waals surface area contributed by atoms with E-state index in [9.17, 15) is 4.39 Å². The summed E-state index contributed by atoms with van der Waals surface area (Å²) in [6.07, 6.45) is 1.62. The lowest BCUT2D eigenvalue weighted by atomic mass is 10.1. The molecule has 0 saturated heterocycles. The Morgan fingerprint density at radius 2 is 1.79 bits per heavy atom. The molecule has 8 heteroatoms. The SMILES string of the molecule is CCc1noc(CC)c1CNC(=NC)NCc1ccc(N(CC)CC)c(F)c1.I. The van der Waals surface area contributed by atoms with E-state index in [4.69, 9.17) is 4.52 Å². The molecule has 0 aliphatic rings. The third kappa shape index (κ3) is 6.58. The quantitative estimate of drug-likeness (QED) is 0.296. The van der Waals surface area contributed by atoms with Crippen molar-refractivity contribution in [2.75, 3.05) is 25.0 Å². The van der Waals surface area contributed by atoms with Gasteiger partial charge in [-0.3, -0.25) is 4.99 Å². The van der Waals surface area contributed by atoms with Crippen LogP contribution in [0, 0.1) is 5.82 Å². The molecule has 0 radical (unpaired) electrons. The molecule has 6 nitrogen and oxygen atoms in total. The van der Waals surface area contributed by atoms with Crippen molar-refractivity contribution in [1.82, 2.24) is 15.8 Å². The van der Waals surface area contributed by atoms with E-state index in [1.54, 1.807) is 13.1 Å². The zero-order chi connectivity index (χ0) is 20.5. The van der Waals surface area contributed by atoms with Crippen molar-refractivity contribution >= 4 is 35.6 Å². The summed E-state index contributed by atoms with van der Waals surface area (Å²) in [5.41, 5.74) is 3.56. The molecule has 0 unspecified atom stereocenters. The third-order valence-electron chi connectivity index (χ3n) is 4.84. The molecule has 0 aliphatic heterocycles. The molecule has 2 N–H and O–H groups in total. The Balaban J connectivity index is 0.00000420. The maximum absolute atomic E-state index is 14.4. The van der Waals surface area contributed by atoms with Gasteiger partial charge in [-0.1, -0.05) is 25.1 Å². The minimum atomic E-state index is -0.199. The molecular weight excluding hydrogens is 484 g/mol. The molecule has 29 heavy (non-hydrogen) atoms. The summed E-state index contributed by atoms with van der Waals surface area (Å²) < 4.78 is 19.8. The van der Waals surface area contributed by atoms with Crippen molar-refractivity contribution in [1.29, 1.82) is 0 Å². The van der Waals surface area contributed by atoms with Gasteiger partial charge in [0.2, 0.25) is 0 Å². The van der Waals surface area contributed by atoms with Gasteiger partial charge in [0.1, 0.15) is 11.6 Å². The molecule has 1 aromatic heterocycles. The summed E-state index contributed by atoms with van der Waals surface area (Å²) in [5, 5.41) is 10.7. The van der Waals surface area contributed by atoms with Crippen molar-refractivity contribution in [3.05, 3.63) is 46.6 Å². The maximum atomic E-state index is 14.4. The van der Waals surface area contributed by atoms with Crippen LogP contribution in [0.15, 0.2) is 27.7 Å². The summed E-state index contributed by atoms with van der Waals surface area (Å²) in [5.74, 6) is 1.35. The van der Waals surface area contributed by atoms with Crippen LogP contribution in [0.1, 0.15) is 50.3 Å². The van der Waals surface area contributed by atoms with Crippen LogP contribution in [0.2, 0.25) is 0 Å². The Morgan fingerprint density at radius 1 is 1.10 bits per heavy atom. The highest BCUT2D eigenvalue weighted by Crippen LogP contribution is 2.20. The minimum Gasteiger partial charge on any atom is -0.370 e. The minimum absolute atomic E-state index is 0. The number of benzene rings is 1. The average molecular weight is 517 g/mol. The molecule has 0 bridgehead atoms. The van der Waals surface area contributed by atoms with E-state index in [-0.39, 0.29) is 29.8 Å². The Bertz CT molecular complexity index is 768. The number of guanidine groups is 1. The van der Waals surface area contributed by atoms with Crippen molar-refractivity contribution in [3.8, 4) is 0 Å². The van der Waals surface area contributed by atoms with Gasteiger partial charge >= 0.3 is 0 Å². The van der Waals surface area contributed by atoms with Crippen LogP contribution >= 0.6 is 24.0 Å².